The van der Waals surface area contributed by atoms with Crippen molar-refractivity contribution >= 4 is 12.0 Å². The van der Waals surface area contributed by atoms with Gasteiger partial charge in [-0.05, 0) is 24.6 Å². The summed E-state index contributed by atoms with van der Waals surface area (Å²) in [6, 6.07) is 7.19. The van der Waals surface area contributed by atoms with Crippen molar-refractivity contribution in [2.24, 2.45) is 0 Å². The Morgan fingerprint density at radius 1 is 1.29 bits per heavy atom. The van der Waals surface area contributed by atoms with Gasteiger partial charge < -0.3 is 15.0 Å². The van der Waals surface area contributed by atoms with Crippen molar-refractivity contribution in [2.45, 2.75) is 33.0 Å². The summed E-state index contributed by atoms with van der Waals surface area (Å²) in [6.07, 6.45) is 0.0588. The van der Waals surface area contributed by atoms with Gasteiger partial charge in [0.1, 0.15) is 12.4 Å². The fourth-order valence-corrected chi connectivity index (χ4v) is 2.92. The number of amides is 2. The van der Waals surface area contributed by atoms with Gasteiger partial charge >= 0.3 is 6.09 Å². The number of ether oxygens (including phenoxy) is 1. The van der Waals surface area contributed by atoms with E-state index in [2.05, 4.69) is 10.4 Å². The van der Waals surface area contributed by atoms with Gasteiger partial charge in [-0.25, -0.2) is 13.9 Å². The molecule has 8 nitrogen and oxygen atoms in total. The monoisotopic (exact) mass is 388 g/mol. The van der Waals surface area contributed by atoms with Gasteiger partial charge in [-0.3, -0.25) is 9.59 Å². The van der Waals surface area contributed by atoms with E-state index in [0.29, 0.717) is 24.2 Å². The van der Waals surface area contributed by atoms with Crippen LogP contribution in [0, 0.1) is 5.82 Å². The van der Waals surface area contributed by atoms with Gasteiger partial charge in [0.05, 0.1) is 18.8 Å². The molecule has 1 N–H and O–H groups in total. The molecule has 0 atom stereocenters. The minimum absolute atomic E-state index is 0.213. The van der Waals surface area contributed by atoms with Gasteiger partial charge in [-0.15, -0.1) is 0 Å². The molecule has 1 aliphatic rings. The second-order valence-electron chi connectivity index (χ2n) is 6.39. The SMILES string of the molecule is CCOC(=O)N1CCc2nn(CC(=O)NCc3ccc(F)cc3)c(=O)cc2C1. The zero-order chi connectivity index (χ0) is 20.1. The highest BCUT2D eigenvalue weighted by Crippen LogP contribution is 2.15. The van der Waals surface area contributed by atoms with Crippen molar-refractivity contribution in [2.75, 3.05) is 13.2 Å². The summed E-state index contributed by atoms with van der Waals surface area (Å²) in [7, 11) is 0. The lowest BCUT2D eigenvalue weighted by Crippen LogP contribution is -2.40. The van der Waals surface area contributed by atoms with Gasteiger partial charge in [0.15, 0.2) is 0 Å². The predicted octanol–water partition coefficient (Wildman–Crippen LogP) is 1.21. The van der Waals surface area contributed by atoms with Crippen molar-refractivity contribution in [1.82, 2.24) is 20.0 Å². The highest BCUT2D eigenvalue weighted by molar-refractivity contribution is 5.75. The number of nitrogens with one attached hydrogen (secondary N) is 1. The largest absolute Gasteiger partial charge is 0.450 e. The topological polar surface area (TPSA) is 93.5 Å². The van der Waals surface area contributed by atoms with Crippen LogP contribution in [-0.2, 0) is 35.6 Å². The van der Waals surface area contributed by atoms with E-state index >= 15 is 0 Å². The highest BCUT2D eigenvalue weighted by Gasteiger charge is 2.24. The predicted molar refractivity (Wildman–Crippen MR) is 97.9 cm³/mol. The number of carbonyl (C=O) groups excluding carboxylic acids is 2. The summed E-state index contributed by atoms with van der Waals surface area (Å²) < 4.78 is 19.0. The van der Waals surface area contributed by atoms with Crippen LogP contribution >= 0.6 is 0 Å². The molecular formula is C19H21FN4O4. The molecule has 2 aromatic rings. The Bertz CT molecular complexity index is 927. The molecule has 0 spiro atoms. The molecule has 9 heteroatoms. The van der Waals surface area contributed by atoms with Crippen LogP contribution in [0.15, 0.2) is 35.1 Å². The Morgan fingerprint density at radius 2 is 2.04 bits per heavy atom. The maximum atomic E-state index is 12.9. The Morgan fingerprint density at radius 3 is 2.75 bits per heavy atom. The summed E-state index contributed by atoms with van der Waals surface area (Å²) in [4.78, 5) is 37.8. The Labute approximate surface area is 160 Å². The van der Waals surface area contributed by atoms with E-state index in [9.17, 15) is 18.8 Å². The molecule has 1 aromatic heterocycles. The molecule has 148 valence electrons. The number of fused-ring (bicyclic) bond motifs is 1. The summed E-state index contributed by atoms with van der Waals surface area (Å²) in [5.74, 6) is -0.718. The van der Waals surface area contributed by atoms with Crippen molar-refractivity contribution in [3.63, 3.8) is 0 Å². The molecule has 0 saturated heterocycles. The third-order valence-corrected chi connectivity index (χ3v) is 4.37. The summed E-state index contributed by atoms with van der Waals surface area (Å²) in [5.41, 5.74) is 1.68. The Hall–Kier alpha value is -3.23. The van der Waals surface area contributed by atoms with Gasteiger partial charge in [-0.1, -0.05) is 12.1 Å². The van der Waals surface area contributed by atoms with Crippen molar-refractivity contribution in [1.29, 1.82) is 0 Å². The van der Waals surface area contributed by atoms with Crippen LogP contribution in [0.1, 0.15) is 23.7 Å². The minimum Gasteiger partial charge on any atom is -0.450 e. The normalized spacial score (nSPS) is 13.0. The lowest BCUT2D eigenvalue weighted by Gasteiger charge is -2.27. The van der Waals surface area contributed by atoms with E-state index in [1.807, 2.05) is 0 Å². The number of aromatic nitrogens is 2. The average molecular weight is 388 g/mol. The minimum atomic E-state index is -0.419. The van der Waals surface area contributed by atoms with Crippen LogP contribution in [0.2, 0.25) is 0 Å². The molecule has 0 unspecified atom stereocenters. The van der Waals surface area contributed by atoms with Gasteiger partial charge in [0, 0.05) is 31.1 Å². The van der Waals surface area contributed by atoms with Crippen LogP contribution < -0.4 is 10.9 Å². The van der Waals surface area contributed by atoms with Crippen molar-refractivity contribution in [3.8, 4) is 0 Å². The summed E-state index contributed by atoms with van der Waals surface area (Å²) in [6.45, 7) is 2.73. The zero-order valence-electron chi connectivity index (χ0n) is 15.5. The summed E-state index contributed by atoms with van der Waals surface area (Å²) in [5, 5.41) is 6.95. The second kappa shape index (κ2) is 8.64. The van der Waals surface area contributed by atoms with E-state index in [4.69, 9.17) is 4.74 Å². The number of benzene rings is 1. The molecule has 0 aliphatic carbocycles. The van der Waals surface area contributed by atoms with Crippen molar-refractivity contribution < 1.29 is 18.7 Å². The van der Waals surface area contributed by atoms with E-state index < -0.39 is 11.7 Å². The number of hydrogen-bond donors (Lipinski definition) is 1. The third kappa shape index (κ3) is 4.73. The number of rotatable bonds is 5. The number of nitrogens with zero attached hydrogens (tertiary/aromatic N) is 3. The molecule has 1 aliphatic heterocycles. The van der Waals surface area contributed by atoms with E-state index in [-0.39, 0.29) is 38.0 Å². The van der Waals surface area contributed by atoms with Gasteiger partial charge in [0.2, 0.25) is 5.91 Å². The van der Waals surface area contributed by atoms with E-state index in [1.165, 1.54) is 23.1 Å². The molecular weight excluding hydrogens is 367 g/mol. The molecule has 0 radical (unpaired) electrons. The highest BCUT2D eigenvalue weighted by atomic mass is 19.1. The maximum absolute atomic E-state index is 12.9. The van der Waals surface area contributed by atoms with Crippen LogP contribution in [0.5, 0.6) is 0 Å². The first-order chi connectivity index (χ1) is 13.5. The molecule has 28 heavy (non-hydrogen) atoms. The number of halogens is 1. The fraction of sp³-hybridized carbons (Fsp3) is 0.368. The molecule has 0 saturated carbocycles. The lowest BCUT2D eigenvalue weighted by atomic mass is 10.1. The smallest absolute Gasteiger partial charge is 0.410 e. The zero-order valence-corrected chi connectivity index (χ0v) is 15.5. The Balaban J connectivity index is 1.62. The van der Waals surface area contributed by atoms with Crippen LogP contribution in [0.3, 0.4) is 0 Å². The quantitative estimate of drug-likeness (QED) is 0.831. The van der Waals surface area contributed by atoms with E-state index in [0.717, 1.165) is 10.2 Å². The number of hydrogen-bond acceptors (Lipinski definition) is 5. The average Bonchev–Trinajstić information content (AvgIpc) is 2.68. The number of carbonyl (C=O) groups is 2. The second-order valence-corrected chi connectivity index (χ2v) is 6.39. The summed E-state index contributed by atoms with van der Waals surface area (Å²) >= 11 is 0. The lowest BCUT2D eigenvalue weighted by molar-refractivity contribution is -0.122. The first kappa shape index (κ1) is 19.5. The van der Waals surface area contributed by atoms with Crippen LogP contribution in [0.25, 0.3) is 0 Å². The van der Waals surface area contributed by atoms with Crippen LogP contribution in [-0.4, -0.2) is 39.8 Å². The maximum Gasteiger partial charge on any atom is 0.410 e. The fourth-order valence-electron chi connectivity index (χ4n) is 2.92. The van der Waals surface area contributed by atoms with Gasteiger partial charge in [0.25, 0.3) is 5.56 Å². The third-order valence-electron chi connectivity index (χ3n) is 4.37. The standard InChI is InChI=1S/C19H21FN4O4/c1-2-28-19(27)23-8-7-16-14(11-23)9-18(26)24(22-16)12-17(25)21-10-13-3-5-15(20)6-4-13/h3-6,9H,2,7-8,10-12H2,1H3,(H,21,25). The molecule has 2 heterocycles. The first-order valence-electron chi connectivity index (χ1n) is 8.99. The first-order valence-corrected chi connectivity index (χ1v) is 8.99. The molecule has 0 fully saturated rings. The Kier molecular flexibility index (Phi) is 6.03. The van der Waals surface area contributed by atoms with E-state index in [1.54, 1.807) is 19.1 Å². The molecule has 2 amide bonds. The van der Waals surface area contributed by atoms with Crippen LogP contribution in [0.4, 0.5) is 9.18 Å². The van der Waals surface area contributed by atoms with Crippen molar-refractivity contribution in [3.05, 3.63) is 63.3 Å². The van der Waals surface area contributed by atoms with Gasteiger partial charge in [-0.2, -0.15) is 5.10 Å². The molecule has 0 bridgehead atoms. The molecule has 3 rings (SSSR count). The molecule has 1 aromatic carbocycles.